The first kappa shape index (κ1) is 16.3. The molecule has 2 rings (SSSR count). The van der Waals surface area contributed by atoms with Gasteiger partial charge in [-0.1, -0.05) is 0 Å². The minimum Gasteiger partial charge on any atom is -0.357 e. The number of aryl methyl sites for hydroxylation is 1. The van der Waals surface area contributed by atoms with Gasteiger partial charge in [-0.15, -0.1) is 11.3 Å². The van der Waals surface area contributed by atoms with Gasteiger partial charge in [-0.05, 0) is 58.3 Å². The van der Waals surface area contributed by atoms with Gasteiger partial charge in [-0.2, -0.15) is 0 Å². The maximum absolute atomic E-state index is 4.69. The second kappa shape index (κ2) is 8.39. The van der Waals surface area contributed by atoms with Crippen LogP contribution in [0.25, 0.3) is 0 Å². The summed E-state index contributed by atoms with van der Waals surface area (Å²) in [6, 6.07) is 4.33. The quantitative estimate of drug-likeness (QED) is 0.648. The Bertz CT molecular complexity index is 455. The number of hydrogen-bond donors (Lipinski definition) is 2. The van der Waals surface area contributed by atoms with Crippen molar-refractivity contribution < 1.29 is 0 Å². The molecule has 1 aromatic rings. The van der Waals surface area contributed by atoms with E-state index < -0.39 is 0 Å². The first-order valence-corrected chi connectivity index (χ1v) is 8.75. The van der Waals surface area contributed by atoms with Crippen molar-refractivity contribution in [2.24, 2.45) is 10.9 Å². The van der Waals surface area contributed by atoms with Crippen molar-refractivity contribution in [2.45, 2.75) is 33.2 Å². The fourth-order valence-electron chi connectivity index (χ4n) is 2.75. The molecule has 5 heteroatoms. The fraction of sp³-hybridized carbons (Fsp3) is 0.688. The molecule has 2 heterocycles. The standard InChI is InChI=1S/C16H28N4S/c1-4-17-16(19-11-15-8-7-13(2)21-15)18-10-14-6-5-9-20(3)12-14/h7-8,14H,4-6,9-12H2,1-3H3,(H2,17,18,19). The van der Waals surface area contributed by atoms with Crippen molar-refractivity contribution in [1.82, 2.24) is 15.5 Å². The number of hydrogen-bond acceptors (Lipinski definition) is 3. The van der Waals surface area contributed by atoms with Gasteiger partial charge in [0.2, 0.25) is 0 Å². The Morgan fingerprint density at radius 2 is 2.29 bits per heavy atom. The van der Waals surface area contributed by atoms with Crippen LogP contribution in [0, 0.1) is 12.8 Å². The molecule has 21 heavy (non-hydrogen) atoms. The molecule has 118 valence electrons. The zero-order chi connectivity index (χ0) is 15.1. The highest BCUT2D eigenvalue weighted by Crippen LogP contribution is 2.16. The van der Waals surface area contributed by atoms with Crippen molar-refractivity contribution in [1.29, 1.82) is 0 Å². The predicted molar refractivity (Wildman–Crippen MR) is 92.1 cm³/mol. The molecular weight excluding hydrogens is 280 g/mol. The summed E-state index contributed by atoms with van der Waals surface area (Å²) in [6.07, 6.45) is 2.63. The van der Waals surface area contributed by atoms with E-state index in [1.165, 1.54) is 35.7 Å². The van der Waals surface area contributed by atoms with E-state index in [1.54, 1.807) is 0 Å². The highest BCUT2D eigenvalue weighted by Gasteiger charge is 2.17. The van der Waals surface area contributed by atoms with Crippen molar-refractivity contribution >= 4 is 17.3 Å². The molecule has 0 amide bonds. The molecule has 0 saturated carbocycles. The van der Waals surface area contributed by atoms with Crippen LogP contribution in [0.2, 0.25) is 0 Å². The molecule has 0 aromatic carbocycles. The van der Waals surface area contributed by atoms with Crippen LogP contribution < -0.4 is 10.6 Å². The second-order valence-corrected chi connectivity index (χ2v) is 7.23. The molecule has 4 nitrogen and oxygen atoms in total. The Kier molecular flexibility index (Phi) is 6.51. The lowest BCUT2D eigenvalue weighted by atomic mass is 9.99. The van der Waals surface area contributed by atoms with Crippen LogP contribution in [0.4, 0.5) is 0 Å². The van der Waals surface area contributed by atoms with Gasteiger partial charge < -0.3 is 15.5 Å². The summed E-state index contributed by atoms with van der Waals surface area (Å²) >= 11 is 1.82. The van der Waals surface area contributed by atoms with Crippen LogP contribution in [0.1, 0.15) is 29.5 Å². The summed E-state index contributed by atoms with van der Waals surface area (Å²) in [5, 5.41) is 6.85. The van der Waals surface area contributed by atoms with Gasteiger partial charge in [-0.3, -0.25) is 0 Å². The van der Waals surface area contributed by atoms with Crippen LogP contribution in [0.15, 0.2) is 17.1 Å². The Labute approximate surface area is 132 Å². The lowest BCUT2D eigenvalue weighted by molar-refractivity contribution is 0.210. The summed E-state index contributed by atoms with van der Waals surface area (Å²) in [6.45, 7) is 9.36. The predicted octanol–water partition coefficient (Wildman–Crippen LogP) is 2.45. The van der Waals surface area contributed by atoms with E-state index in [0.717, 1.165) is 31.5 Å². The maximum Gasteiger partial charge on any atom is 0.191 e. The number of aliphatic imine (C=N–C) groups is 1. The molecule has 0 aliphatic carbocycles. The van der Waals surface area contributed by atoms with E-state index in [2.05, 4.69) is 48.6 Å². The number of thiophene rings is 1. The Hall–Kier alpha value is -1.07. The first-order valence-electron chi connectivity index (χ1n) is 7.93. The second-order valence-electron chi connectivity index (χ2n) is 5.86. The Morgan fingerprint density at radius 3 is 2.95 bits per heavy atom. The Morgan fingerprint density at radius 1 is 1.43 bits per heavy atom. The number of guanidine groups is 1. The van der Waals surface area contributed by atoms with Crippen molar-refractivity contribution in [3.8, 4) is 0 Å². The number of nitrogens with one attached hydrogen (secondary N) is 2. The van der Waals surface area contributed by atoms with Crippen molar-refractivity contribution in [2.75, 3.05) is 33.2 Å². The molecule has 1 saturated heterocycles. The van der Waals surface area contributed by atoms with Gasteiger partial charge in [-0.25, -0.2) is 4.99 Å². The van der Waals surface area contributed by atoms with Gasteiger partial charge in [0, 0.05) is 29.4 Å². The van der Waals surface area contributed by atoms with E-state index in [9.17, 15) is 0 Å². The molecule has 1 unspecified atom stereocenters. The summed E-state index contributed by atoms with van der Waals surface area (Å²) < 4.78 is 0. The first-order chi connectivity index (χ1) is 10.2. The van der Waals surface area contributed by atoms with Gasteiger partial charge in [0.25, 0.3) is 0 Å². The van der Waals surface area contributed by atoms with E-state index in [-0.39, 0.29) is 0 Å². The van der Waals surface area contributed by atoms with Crippen LogP contribution in [0.3, 0.4) is 0 Å². The number of nitrogens with zero attached hydrogens (tertiary/aromatic N) is 2. The van der Waals surface area contributed by atoms with Gasteiger partial charge in [0.05, 0.1) is 6.54 Å². The summed E-state index contributed by atoms with van der Waals surface area (Å²) in [7, 11) is 2.21. The van der Waals surface area contributed by atoms with E-state index in [1.807, 2.05) is 11.3 Å². The SMILES string of the molecule is CCNC(=NCc1ccc(C)s1)NCC1CCCN(C)C1. The lowest BCUT2D eigenvalue weighted by Crippen LogP contribution is -2.43. The van der Waals surface area contributed by atoms with Crippen molar-refractivity contribution in [3.63, 3.8) is 0 Å². The zero-order valence-corrected chi connectivity index (χ0v) is 14.3. The highest BCUT2D eigenvalue weighted by atomic mass is 32.1. The molecule has 0 bridgehead atoms. The third-order valence-corrected chi connectivity index (χ3v) is 4.80. The normalized spacial score (nSPS) is 20.5. The van der Waals surface area contributed by atoms with E-state index >= 15 is 0 Å². The lowest BCUT2D eigenvalue weighted by Gasteiger charge is -2.30. The molecule has 1 aliphatic rings. The van der Waals surface area contributed by atoms with E-state index in [0.29, 0.717) is 0 Å². The molecule has 0 radical (unpaired) electrons. The molecule has 1 atom stereocenters. The van der Waals surface area contributed by atoms with Crippen LogP contribution in [-0.2, 0) is 6.54 Å². The minimum atomic E-state index is 0.733. The van der Waals surface area contributed by atoms with Gasteiger partial charge >= 0.3 is 0 Å². The number of piperidine rings is 1. The van der Waals surface area contributed by atoms with Gasteiger partial charge in [0.15, 0.2) is 5.96 Å². The maximum atomic E-state index is 4.69. The van der Waals surface area contributed by atoms with Crippen LogP contribution in [-0.4, -0.2) is 44.1 Å². The molecule has 1 aromatic heterocycles. The van der Waals surface area contributed by atoms with Crippen molar-refractivity contribution in [3.05, 3.63) is 21.9 Å². The smallest absolute Gasteiger partial charge is 0.191 e. The molecule has 2 N–H and O–H groups in total. The monoisotopic (exact) mass is 308 g/mol. The largest absolute Gasteiger partial charge is 0.357 e. The highest BCUT2D eigenvalue weighted by molar-refractivity contribution is 7.11. The third kappa shape index (κ3) is 5.67. The van der Waals surface area contributed by atoms with E-state index in [4.69, 9.17) is 4.99 Å². The molecule has 1 aliphatic heterocycles. The number of likely N-dealkylation sites (tertiary alicyclic amines) is 1. The van der Waals surface area contributed by atoms with Crippen LogP contribution >= 0.6 is 11.3 Å². The minimum absolute atomic E-state index is 0.733. The average molecular weight is 308 g/mol. The topological polar surface area (TPSA) is 39.7 Å². The summed E-state index contributed by atoms with van der Waals surface area (Å²) in [4.78, 5) is 9.79. The summed E-state index contributed by atoms with van der Waals surface area (Å²) in [5.41, 5.74) is 0. The van der Waals surface area contributed by atoms with Gasteiger partial charge in [0.1, 0.15) is 0 Å². The molecule has 1 fully saturated rings. The average Bonchev–Trinajstić information content (AvgIpc) is 2.88. The summed E-state index contributed by atoms with van der Waals surface area (Å²) in [5.74, 6) is 1.67. The molecule has 0 spiro atoms. The Balaban J connectivity index is 1.83. The zero-order valence-electron chi connectivity index (χ0n) is 13.5. The van der Waals surface area contributed by atoms with Crippen LogP contribution in [0.5, 0.6) is 0 Å². The molecular formula is C16H28N4S. The number of rotatable bonds is 5. The third-order valence-electron chi connectivity index (χ3n) is 3.81. The fourth-order valence-corrected chi connectivity index (χ4v) is 3.56.